The van der Waals surface area contributed by atoms with E-state index in [1.54, 1.807) is 0 Å². The number of phenolic OH excluding ortho intramolecular Hbond substituents is 1. The number of aromatic hydroxyl groups is 1. The van der Waals surface area contributed by atoms with E-state index >= 15 is 0 Å². The molecule has 14 heavy (non-hydrogen) atoms. The first kappa shape index (κ1) is 11.1. The fourth-order valence-corrected chi connectivity index (χ4v) is 1.15. The van der Waals surface area contributed by atoms with Gasteiger partial charge in [-0.05, 0) is 28.1 Å². The lowest BCUT2D eigenvalue weighted by Gasteiger charge is -2.11. The lowest BCUT2D eigenvalue weighted by atomic mass is 10.3. The molecule has 0 aliphatic carbocycles. The molecule has 0 heterocycles. The molecular weight excluding hydrogens is 272 g/mol. The molecule has 0 unspecified atom stereocenters. The smallest absolute Gasteiger partial charge is 0.504 e. The molecule has 0 aromatic heterocycles. The first-order chi connectivity index (χ1) is 6.31. The zero-order valence-electron chi connectivity index (χ0n) is 6.40. The van der Waals surface area contributed by atoms with Crippen LogP contribution in [-0.4, -0.2) is 11.5 Å². The molecule has 0 aliphatic rings. The van der Waals surface area contributed by atoms with Crippen molar-refractivity contribution in [1.29, 1.82) is 0 Å². The van der Waals surface area contributed by atoms with Crippen molar-refractivity contribution < 1.29 is 27.4 Å². The number of halogens is 5. The van der Waals surface area contributed by atoms with Crippen LogP contribution in [0.4, 0.5) is 17.6 Å². The number of ether oxygens (including phenoxy) is 1. The minimum atomic E-state index is -4.98. The molecule has 0 amide bonds. The summed E-state index contributed by atoms with van der Waals surface area (Å²) in [5.74, 6) is -2.74. The van der Waals surface area contributed by atoms with Gasteiger partial charge in [0.1, 0.15) is 5.82 Å². The lowest BCUT2D eigenvalue weighted by Crippen LogP contribution is -2.17. The van der Waals surface area contributed by atoms with Crippen LogP contribution in [0.5, 0.6) is 11.5 Å². The lowest BCUT2D eigenvalue weighted by molar-refractivity contribution is -0.275. The van der Waals surface area contributed by atoms with Crippen LogP contribution in [0, 0.1) is 5.82 Å². The summed E-state index contributed by atoms with van der Waals surface area (Å²) in [6, 6.07) is 1.57. The maximum Gasteiger partial charge on any atom is 0.573 e. The van der Waals surface area contributed by atoms with E-state index in [4.69, 9.17) is 5.11 Å². The van der Waals surface area contributed by atoms with E-state index in [2.05, 4.69) is 20.7 Å². The van der Waals surface area contributed by atoms with Gasteiger partial charge >= 0.3 is 6.36 Å². The summed E-state index contributed by atoms with van der Waals surface area (Å²) >= 11 is 2.52. The van der Waals surface area contributed by atoms with Gasteiger partial charge in [-0.15, -0.1) is 13.2 Å². The normalized spacial score (nSPS) is 11.5. The predicted molar refractivity (Wildman–Crippen MR) is 42.4 cm³/mol. The molecule has 78 valence electrons. The second-order valence-electron chi connectivity index (χ2n) is 2.26. The van der Waals surface area contributed by atoms with Crippen molar-refractivity contribution in [1.82, 2.24) is 0 Å². The molecule has 1 aromatic carbocycles. The van der Waals surface area contributed by atoms with E-state index in [0.717, 1.165) is 12.1 Å². The highest BCUT2D eigenvalue weighted by Gasteiger charge is 2.33. The van der Waals surface area contributed by atoms with Crippen LogP contribution in [-0.2, 0) is 0 Å². The monoisotopic (exact) mass is 274 g/mol. The van der Waals surface area contributed by atoms with Crippen LogP contribution in [0.15, 0.2) is 16.6 Å². The molecule has 0 fully saturated rings. The Labute approximate surface area is 84.2 Å². The summed E-state index contributed by atoms with van der Waals surface area (Å²) in [5, 5.41) is 8.96. The number of hydrogen-bond donors (Lipinski definition) is 1. The molecule has 0 saturated carbocycles. The van der Waals surface area contributed by atoms with Crippen LogP contribution >= 0.6 is 15.9 Å². The topological polar surface area (TPSA) is 29.5 Å². The molecule has 0 saturated heterocycles. The molecule has 7 heteroatoms. The van der Waals surface area contributed by atoms with E-state index in [1.807, 2.05) is 0 Å². The van der Waals surface area contributed by atoms with Gasteiger partial charge in [-0.3, -0.25) is 0 Å². The third-order valence-electron chi connectivity index (χ3n) is 1.25. The average Bonchev–Trinajstić information content (AvgIpc) is 2.04. The summed E-state index contributed by atoms with van der Waals surface area (Å²) < 4.78 is 50.8. The van der Waals surface area contributed by atoms with Crippen molar-refractivity contribution in [3.05, 3.63) is 22.4 Å². The number of hydrogen-bond acceptors (Lipinski definition) is 2. The second-order valence-corrected chi connectivity index (χ2v) is 3.05. The van der Waals surface area contributed by atoms with Gasteiger partial charge in [0, 0.05) is 0 Å². The van der Waals surface area contributed by atoms with Crippen molar-refractivity contribution in [3.63, 3.8) is 0 Å². The van der Waals surface area contributed by atoms with Crippen LogP contribution < -0.4 is 4.74 Å². The molecule has 0 radical (unpaired) electrons. The zero-order chi connectivity index (χ0) is 10.9. The molecule has 0 atom stereocenters. The number of rotatable bonds is 1. The number of benzene rings is 1. The van der Waals surface area contributed by atoms with Crippen LogP contribution in [0.3, 0.4) is 0 Å². The predicted octanol–water partition coefficient (Wildman–Crippen LogP) is 3.19. The van der Waals surface area contributed by atoms with Gasteiger partial charge in [-0.1, -0.05) is 0 Å². The zero-order valence-corrected chi connectivity index (χ0v) is 7.99. The number of phenols is 1. The Kier molecular flexibility index (Phi) is 2.89. The molecular formula is C7H3BrF4O2. The highest BCUT2D eigenvalue weighted by atomic mass is 79.9. The molecule has 0 aliphatic heterocycles. The fraction of sp³-hybridized carbons (Fsp3) is 0.143. The fourth-order valence-electron chi connectivity index (χ4n) is 0.735. The largest absolute Gasteiger partial charge is 0.573 e. The maximum atomic E-state index is 12.7. The van der Waals surface area contributed by atoms with Gasteiger partial charge in [0.15, 0.2) is 11.5 Å². The van der Waals surface area contributed by atoms with Crippen molar-refractivity contribution in [2.45, 2.75) is 6.36 Å². The highest BCUT2D eigenvalue weighted by molar-refractivity contribution is 9.10. The molecule has 0 spiro atoms. The minimum absolute atomic E-state index is 0.574. The van der Waals surface area contributed by atoms with Crippen molar-refractivity contribution >= 4 is 15.9 Å². The van der Waals surface area contributed by atoms with E-state index in [-0.39, 0.29) is 0 Å². The molecule has 1 rings (SSSR count). The van der Waals surface area contributed by atoms with Gasteiger partial charge in [-0.25, -0.2) is 4.39 Å². The Bertz CT molecular complexity index is 350. The summed E-state index contributed by atoms with van der Waals surface area (Å²) in [5.41, 5.74) is 0. The molecule has 0 bridgehead atoms. The summed E-state index contributed by atoms with van der Waals surface area (Å²) in [6.07, 6.45) is -4.98. The van der Waals surface area contributed by atoms with Gasteiger partial charge < -0.3 is 9.84 Å². The summed E-state index contributed by atoms with van der Waals surface area (Å²) in [6.45, 7) is 0. The van der Waals surface area contributed by atoms with E-state index in [1.165, 1.54) is 0 Å². The highest BCUT2D eigenvalue weighted by Crippen LogP contribution is 2.39. The van der Waals surface area contributed by atoms with Gasteiger partial charge in [0.25, 0.3) is 0 Å². The van der Waals surface area contributed by atoms with E-state index < -0.39 is 28.2 Å². The van der Waals surface area contributed by atoms with Crippen LogP contribution in [0.25, 0.3) is 0 Å². The standard InChI is InChI=1S/C7H3BrF4O2/c8-5-3(9)1-2-4(13)6(5)14-7(10,11)12/h1-2,13H. The molecule has 1 aromatic rings. The second kappa shape index (κ2) is 3.64. The Hall–Kier alpha value is -0.980. The minimum Gasteiger partial charge on any atom is -0.504 e. The Balaban J connectivity index is 3.13. The Morgan fingerprint density at radius 1 is 1.29 bits per heavy atom. The third kappa shape index (κ3) is 2.50. The maximum absolute atomic E-state index is 12.7. The first-order valence-electron chi connectivity index (χ1n) is 3.24. The van der Waals surface area contributed by atoms with Crippen LogP contribution in [0.1, 0.15) is 0 Å². The summed E-state index contributed by atoms with van der Waals surface area (Å²) in [4.78, 5) is 0. The van der Waals surface area contributed by atoms with Crippen molar-refractivity contribution in [3.8, 4) is 11.5 Å². The quantitative estimate of drug-likeness (QED) is 0.797. The molecule has 2 nitrogen and oxygen atoms in total. The SMILES string of the molecule is Oc1ccc(F)c(Br)c1OC(F)(F)F. The average molecular weight is 275 g/mol. The van der Waals surface area contributed by atoms with Gasteiger partial charge in [0.2, 0.25) is 0 Å². The van der Waals surface area contributed by atoms with Crippen molar-refractivity contribution in [2.75, 3.05) is 0 Å². The van der Waals surface area contributed by atoms with E-state index in [0.29, 0.717) is 0 Å². The number of alkyl halides is 3. The van der Waals surface area contributed by atoms with E-state index in [9.17, 15) is 17.6 Å². The third-order valence-corrected chi connectivity index (χ3v) is 1.99. The first-order valence-corrected chi connectivity index (χ1v) is 4.03. The van der Waals surface area contributed by atoms with Gasteiger partial charge in [-0.2, -0.15) is 0 Å². The van der Waals surface area contributed by atoms with Crippen molar-refractivity contribution in [2.24, 2.45) is 0 Å². The Morgan fingerprint density at radius 3 is 2.36 bits per heavy atom. The van der Waals surface area contributed by atoms with Gasteiger partial charge in [0.05, 0.1) is 4.47 Å². The van der Waals surface area contributed by atoms with Crippen LogP contribution in [0.2, 0.25) is 0 Å². The summed E-state index contributed by atoms with van der Waals surface area (Å²) in [7, 11) is 0. The molecule has 1 N–H and O–H groups in total. The Morgan fingerprint density at radius 2 is 1.86 bits per heavy atom.